The smallest absolute Gasteiger partial charge is 0.267 e. The number of para-hydroxylation sites is 2. The maximum absolute atomic E-state index is 11.5. The normalized spacial score (nSPS) is 11.5. The molecule has 4 rings (SSSR count). The number of benzene rings is 3. The summed E-state index contributed by atoms with van der Waals surface area (Å²) in [5.74, 6) is -0.0499. The molecule has 0 atom stereocenters. The number of aliphatic hydroxyl groups excluding tert-OH is 1. The number of nitrogens with zero attached hydrogens (tertiary/aromatic N) is 1. The first-order valence-corrected chi connectivity index (χ1v) is 13.8. The van der Waals surface area contributed by atoms with Gasteiger partial charge in [0.25, 0.3) is 10.1 Å². The summed E-state index contributed by atoms with van der Waals surface area (Å²) < 4.78 is 58.0. The van der Waals surface area contributed by atoms with Crippen molar-refractivity contribution in [3.63, 3.8) is 0 Å². The van der Waals surface area contributed by atoms with Crippen LogP contribution in [0, 0.1) is 0 Å². The fourth-order valence-corrected chi connectivity index (χ4v) is 4.08. The molecule has 0 amide bonds. The van der Waals surface area contributed by atoms with Gasteiger partial charge in [-0.3, -0.25) is 9.27 Å². The molecule has 3 aromatic carbocycles. The molecule has 0 radical (unpaired) electrons. The second kappa shape index (κ2) is 10.9. The molecule has 1 heterocycles. The van der Waals surface area contributed by atoms with Crippen molar-refractivity contribution in [3.05, 3.63) is 66.7 Å². The van der Waals surface area contributed by atoms with E-state index in [1.54, 1.807) is 25.3 Å². The van der Waals surface area contributed by atoms with Gasteiger partial charge in [0.1, 0.15) is 5.75 Å². The van der Waals surface area contributed by atoms with Crippen molar-refractivity contribution in [2.24, 2.45) is 0 Å². The van der Waals surface area contributed by atoms with Crippen molar-refractivity contribution in [1.29, 1.82) is 0 Å². The third-order valence-electron chi connectivity index (χ3n) is 4.70. The van der Waals surface area contributed by atoms with Gasteiger partial charge in [-0.1, -0.05) is 36.4 Å². The van der Waals surface area contributed by atoms with Crippen molar-refractivity contribution in [2.45, 2.75) is 0 Å². The van der Waals surface area contributed by atoms with E-state index in [9.17, 15) is 16.8 Å². The topological polar surface area (TPSA) is 155 Å². The molecule has 0 fully saturated rings. The standard InChI is InChI=1S/C21H19N3O3S.C2H6O4S/c1-27-20-13-14(24-28(2,25)26)11-12-19(20)23-21-15-7-3-5-9-17(15)22-18-10-6-4-8-16(18)21;3-1-2-7(4,5)6/h3-13,24H,1-2H3,(H,22,23);3H,1-2H2,(H,4,5,6). The summed E-state index contributed by atoms with van der Waals surface area (Å²) in [6, 6.07) is 21.0. The third-order valence-corrected chi connectivity index (χ3v) is 6.01. The van der Waals surface area contributed by atoms with Crippen LogP contribution in [0.5, 0.6) is 5.75 Å². The van der Waals surface area contributed by atoms with E-state index in [1.807, 2.05) is 48.5 Å². The van der Waals surface area contributed by atoms with Crippen molar-refractivity contribution < 1.29 is 31.2 Å². The Kier molecular flexibility index (Phi) is 8.12. The molecule has 0 spiro atoms. The molecule has 0 unspecified atom stereocenters. The first-order valence-electron chi connectivity index (χ1n) is 10.3. The molecule has 186 valence electrons. The van der Waals surface area contributed by atoms with Gasteiger partial charge in [0.05, 0.1) is 53.8 Å². The molecule has 0 bridgehead atoms. The Morgan fingerprint density at radius 3 is 1.94 bits per heavy atom. The number of hydrogen-bond donors (Lipinski definition) is 4. The highest BCUT2D eigenvalue weighted by Crippen LogP contribution is 2.37. The molecule has 12 heteroatoms. The van der Waals surface area contributed by atoms with Gasteiger partial charge >= 0.3 is 0 Å². The number of anilines is 3. The first-order chi connectivity index (χ1) is 16.5. The van der Waals surface area contributed by atoms with E-state index >= 15 is 0 Å². The zero-order chi connectivity index (χ0) is 25.6. The molecule has 4 aromatic rings. The van der Waals surface area contributed by atoms with Gasteiger partial charge < -0.3 is 15.2 Å². The largest absolute Gasteiger partial charge is 0.494 e. The average molecular weight is 520 g/mol. The Morgan fingerprint density at radius 1 is 0.914 bits per heavy atom. The van der Waals surface area contributed by atoms with Gasteiger partial charge in [0, 0.05) is 16.8 Å². The molecule has 0 aliphatic carbocycles. The number of aromatic nitrogens is 1. The second-order valence-electron chi connectivity index (χ2n) is 7.45. The van der Waals surface area contributed by atoms with Gasteiger partial charge in [0.15, 0.2) is 0 Å². The lowest BCUT2D eigenvalue weighted by Crippen LogP contribution is -2.09. The highest BCUT2D eigenvalue weighted by molar-refractivity contribution is 7.92. The van der Waals surface area contributed by atoms with Crippen LogP contribution >= 0.6 is 0 Å². The summed E-state index contributed by atoms with van der Waals surface area (Å²) in [6.07, 6.45) is 1.11. The SMILES string of the molecule is COc1cc(NS(C)(=O)=O)ccc1Nc1c2ccccc2nc2ccccc12.O=S(=O)(O)CCO. The monoisotopic (exact) mass is 519 g/mol. The van der Waals surface area contributed by atoms with Gasteiger partial charge in [0.2, 0.25) is 10.0 Å². The minimum atomic E-state index is -3.92. The van der Waals surface area contributed by atoms with Crippen LogP contribution < -0.4 is 14.8 Å². The summed E-state index contributed by atoms with van der Waals surface area (Å²) >= 11 is 0. The second-order valence-corrected chi connectivity index (χ2v) is 10.8. The van der Waals surface area contributed by atoms with Gasteiger partial charge in [-0.25, -0.2) is 13.4 Å². The van der Waals surface area contributed by atoms with Crippen molar-refractivity contribution >= 4 is 59.0 Å². The summed E-state index contributed by atoms with van der Waals surface area (Å²) in [5.41, 5.74) is 3.86. The molecule has 0 aliphatic heterocycles. The Morgan fingerprint density at radius 2 is 1.49 bits per heavy atom. The number of rotatable bonds is 7. The fourth-order valence-electron chi connectivity index (χ4n) is 3.30. The molecule has 0 aliphatic rings. The van der Waals surface area contributed by atoms with Crippen molar-refractivity contribution in [1.82, 2.24) is 4.98 Å². The molecule has 10 nitrogen and oxygen atoms in total. The van der Waals surface area contributed by atoms with Crippen LogP contribution in [0.25, 0.3) is 21.8 Å². The Labute approximate surface area is 203 Å². The summed E-state index contributed by atoms with van der Waals surface area (Å²) in [6.45, 7) is -0.529. The van der Waals surface area contributed by atoms with Gasteiger partial charge in [-0.15, -0.1) is 0 Å². The molecule has 0 saturated heterocycles. The zero-order valence-corrected chi connectivity index (χ0v) is 20.6. The van der Waals surface area contributed by atoms with Crippen molar-refractivity contribution in [2.75, 3.05) is 35.8 Å². The number of aliphatic hydroxyl groups is 1. The van der Waals surface area contributed by atoms with Crippen LogP contribution in [0.3, 0.4) is 0 Å². The van der Waals surface area contributed by atoms with E-state index in [0.717, 1.165) is 39.4 Å². The third kappa shape index (κ3) is 7.26. The Hall–Kier alpha value is -3.45. The minimum Gasteiger partial charge on any atom is -0.494 e. The first kappa shape index (κ1) is 26.2. The fraction of sp³-hybridized carbons (Fsp3) is 0.174. The summed E-state index contributed by atoms with van der Waals surface area (Å²) in [5, 5.41) is 13.3. The van der Waals surface area contributed by atoms with Crippen LogP contribution in [0.2, 0.25) is 0 Å². The highest BCUT2D eigenvalue weighted by Gasteiger charge is 2.13. The minimum absolute atomic E-state index is 0.439. The van der Waals surface area contributed by atoms with Gasteiger partial charge in [-0.05, 0) is 24.3 Å². The quantitative estimate of drug-likeness (QED) is 0.212. The molecule has 1 aromatic heterocycles. The van der Waals surface area contributed by atoms with E-state index in [2.05, 4.69) is 10.0 Å². The van der Waals surface area contributed by atoms with Crippen LogP contribution in [0.15, 0.2) is 66.7 Å². The summed E-state index contributed by atoms with van der Waals surface area (Å²) in [4.78, 5) is 4.73. The number of fused-ring (bicyclic) bond motifs is 2. The lowest BCUT2D eigenvalue weighted by atomic mass is 10.1. The van der Waals surface area contributed by atoms with E-state index in [4.69, 9.17) is 19.4 Å². The van der Waals surface area contributed by atoms with E-state index in [-0.39, 0.29) is 0 Å². The van der Waals surface area contributed by atoms with E-state index < -0.39 is 32.5 Å². The number of ether oxygens (including phenoxy) is 1. The van der Waals surface area contributed by atoms with Crippen LogP contribution in [0.4, 0.5) is 17.1 Å². The molecule has 4 N–H and O–H groups in total. The zero-order valence-electron chi connectivity index (χ0n) is 19.0. The predicted octanol–water partition coefficient (Wildman–Crippen LogP) is 3.38. The number of sulfonamides is 1. The van der Waals surface area contributed by atoms with Crippen LogP contribution in [-0.4, -0.2) is 57.2 Å². The number of pyridine rings is 1. The lowest BCUT2D eigenvalue weighted by Gasteiger charge is -2.16. The molecule has 0 saturated carbocycles. The number of methoxy groups -OCH3 is 1. The molecular formula is C23H25N3O7S2. The maximum atomic E-state index is 11.5. The summed E-state index contributed by atoms with van der Waals surface area (Å²) in [7, 11) is -5.74. The number of nitrogens with one attached hydrogen (secondary N) is 2. The lowest BCUT2D eigenvalue weighted by molar-refractivity contribution is 0.315. The highest BCUT2D eigenvalue weighted by atomic mass is 32.2. The Balaban J connectivity index is 0.000000429. The Bertz CT molecular complexity index is 1500. The van der Waals surface area contributed by atoms with Crippen molar-refractivity contribution in [3.8, 4) is 5.75 Å². The van der Waals surface area contributed by atoms with Crippen LogP contribution in [0.1, 0.15) is 0 Å². The predicted molar refractivity (Wildman–Crippen MR) is 137 cm³/mol. The maximum Gasteiger partial charge on any atom is 0.267 e. The average Bonchev–Trinajstić information content (AvgIpc) is 2.78. The molecule has 35 heavy (non-hydrogen) atoms. The number of hydrogen-bond acceptors (Lipinski definition) is 8. The van der Waals surface area contributed by atoms with Crippen LogP contribution in [-0.2, 0) is 20.1 Å². The molecular weight excluding hydrogens is 494 g/mol. The van der Waals surface area contributed by atoms with E-state index in [1.165, 1.54) is 0 Å². The van der Waals surface area contributed by atoms with Gasteiger partial charge in [-0.2, -0.15) is 8.42 Å². The van der Waals surface area contributed by atoms with E-state index in [0.29, 0.717) is 11.4 Å².